The molecule has 8 heteroatoms. The molecule has 0 aliphatic carbocycles. The lowest BCUT2D eigenvalue weighted by Crippen LogP contribution is -2.47. The standard InChI is InChI=1S/C25H27ClN4O2S/c1-2-21(31)24(32)28-25-27-20(23(26)33-25)17-29-13-15-30(16-14-29)22(18-9-5-3-6-10-18)19-11-7-4-8-12-19/h3-12,22H,2,13-17H2,1H3,(H,27,28,32). The van der Waals surface area contributed by atoms with Crippen LogP contribution in [0.3, 0.4) is 0 Å². The summed E-state index contributed by atoms with van der Waals surface area (Å²) in [5, 5.41) is 2.93. The second-order valence-corrected chi connectivity index (χ2v) is 9.61. The van der Waals surface area contributed by atoms with Crippen LogP contribution in [0.2, 0.25) is 4.34 Å². The van der Waals surface area contributed by atoms with E-state index >= 15 is 0 Å². The van der Waals surface area contributed by atoms with E-state index in [1.807, 2.05) is 0 Å². The van der Waals surface area contributed by atoms with Crippen molar-refractivity contribution in [1.29, 1.82) is 0 Å². The van der Waals surface area contributed by atoms with Crippen LogP contribution in [-0.4, -0.2) is 52.7 Å². The molecule has 2 aromatic carbocycles. The lowest BCUT2D eigenvalue weighted by atomic mass is 9.96. The number of hydrogen-bond donors (Lipinski definition) is 1. The van der Waals surface area contributed by atoms with Crippen molar-refractivity contribution in [3.05, 3.63) is 81.8 Å². The molecule has 0 saturated carbocycles. The van der Waals surface area contributed by atoms with E-state index in [1.165, 1.54) is 22.5 Å². The second-order valence-electron chi connectivity index (χ2n) is 8.01. The number of anilines is 1. The number of nitrogens with zero attached hydrogens (tertiary/aromatic N) is 3. The Balaban J connectivity index is 1.40. The molecule has 0 bridgehead atoms. The Morgan fingerprint density at radius 3 is 2.12 bits per heavy atom. The zero-order valence-corrected chi connectivity index (χ0v) is 20.1. The minimum atomic E-state index is -0.643. The Bertz CT molecular complexity index is 1040. The van der Waals surface area contributed by atoms with Crippen LogP contribution >= 0.6 is 22.9 Å². The maximum Gasteiger partial charge on any atom is 0.293 e. The maximum absolute atomic E-state index is 11.8. The molecule has 4 rings (SSSR count). The zero-order chi connectivity index (χ0) is 23.2. The van der Waals surface area contributed by atoms with Crippen LogP contribution in [-0.2, 0) is 16.1 Å². The van der Waals surface area contributed by atoms with Crippen LogP contribution in [0.1, 0.15) is 36.2 Å². The summed E-state index contributed by atoms with van der Waals surface area (Å²) >= 11 is 7.58. The van der Waals surface area contributed by atoms with Crippen LogP contribution in [0, 0.1) is 0 Å². The molecule has 3 aromatic rings. The minimum absolute atomic E-state index is 0.162. The van der Waals surface area contributed by atoms with Crippen molar-refractivity contribution in [2.24, 2.45) is 0 Å². The first-order chi connectivity index (χ1) is 16.0. The van der Waals surface area contributed by atoms with Crippen molar-refractivity contribution in [3.63, 3.8) is 0 Å². The molecule has 1 amide bonds. The van der Waals surface area contributed by atoms with Gasteiger partial charge in [-0.25, -0.2) is 4.98 Å². The monoisotopic (exact) mass is 482 g/mol. The molecular weight excluding hydrogens is 456 g/mol. The fourth-order valence-corrected chi connectivity index (χ4v) is 5.11. The first-order valence-corrected chi connectivity index (χ1v) is 12.3. The Morgan fingerprint density at radius 1 is 1.00 bits per heavy atom. The number of rotatable bonds is 8. The van der Waals surface area contributed by atoms with E-state index in [-0.39, 0.29) is 12.5 Å². The van der Waals surface area contributed by atoms with Crippen LogP contribution in [0.15, 0.2) is 60.7 Å². The molecule has 172 valence electrons. The van der Waals surface area contributed by atoms with E-state index in [0.717, 1.165) is 31.9 Å². The Hall–Kier alpha value is -2.58. The summed E-state index contributed by atoms with van der Waals surface area (Å²) in [4.78, 5) is 32.7. The molecule has 1 N–H and O–H groups in total. The van der Waals surface area contributed by atoms with E-state index in [2.05, 4.69) is 80.8 Å². The quantitative estimate of drug-likeness (QED) is 0.474. The second kappa shape index (κ2) is 11.0. The highest BCUT2D eigenvalue weighted by Gasteiger charge is 2.27. The number of piperazine rings is 1. The average Bonchev–Trinajstić information content (AvgIpc) is 3.19. The van der Waals surface area contributed by atoms with Crippen LogP contribution in [0.4, 0.5) is 5.13 Å². The fraction of sp³-hybridized carbons (Fsp3) is 0.320. The molecule has 1 aliphatic heterocycles. The van der Waals surface area contributed by atoms with E-state index in [1.54, 1.807) is 6.92 Å². The highest BCUT2D eigenvalue weighted by molar-refractivity contribution is 7.19. The molecule has 1 saturated heterocycles. The molecule has 6 nitrogen and oxygen atoms in total. The topological polar surface area (TPSA) is 65.5 Å². The number of halogens is 1. The Kier molecular flexibility index (Phi) is 7.88. The summed E-state index contributed by atoms with van der Waals surface area (Å²) in [5.74, 6) is -1.11. The predicted octanol–water partition coefficient (Wildman–Crippen LogP) is 4.62. The molecule has 0 radical (unpaired) electrons. The molecule has 0 atom stereocenters. The smallest absolute Gasteiger partial charge is 0.293 e. The third-order valence-corrected chi connectivity index (χ3v) is 7.07. The van der Waals surface area contributed by atoms with Gasteiger partial charge in [-0.2, -0.15) is 0 Å². The van der Waals surface area contributed by atoms with Gasteiger partial charge in [0.1, 0.15) is 4.34 Å². The summed E-state index contributed by atoms with van der Waals surface area (Å²) in [5.41, 5.74) is 3.32. The third kappa shape index (κ3) is 5.86. The number of aromatic nitrogens is 1. The molecule has 1 fully saturated rings. The van der Waals surface area contributed by atoms with Crippen molar-refractivity contribution < 1.29 is 9.59 Å². The summed E-state index contributed by atoms with van der Waals surface area (Å²) in [7, 11) is 0. The third-order valence-electron chi connectivity index (χ3n) is 5.82. The van der Waals surface area contributed by atoms with Gasteiger partial charge in [-0.1, -0.05) is 90.5 Å². The number of thiazole rings is 1. The van der Waals surface area contributed by atoms with Crippen LogP contribution in [0.5, 0.6) is 0 Å². The number of amides is 1. The van der Waals surface area contributed by atoms with E-state index in [0.29, 0.717) is 16.0 Å². The van der Waals surface area contributed by atoms with E-state index < -0.39 is 11.7 Å². The van der Waals surface area contributed by atoms with Gasteiger partial charge in [0.05, 0.1) is 11.7 Å². The number of benzene rings is 2. The zero-order valence-electron chi connectivity index (χ0n) is 18.5. The Morgan fingerprint density at radius 2 is 1.58 bits per heavy atom. The summed E-state index contributed by atoms with van der Waals surface area (Å²) in [6.07, 6.45) is 0.162. The number of carbonyl (C=O) groups is 2. The van der Waals surface area contributed by atoms with Gasteiger partial charge < -0.3 is 0 Å². The van der Waals surface area contributed by atoms with Crippen molar-refractivity contribution in [3.8, 4) is 0 Å². The van der Waals surface area contributed by atoms with Gasteiger partial charge in [0.15, 0.2) is 5.13 Å². The maximum atomic E-state index is 11.8. The Labute approximate surface area is 203 Å². The highest BCUT2D eigenvalue weighted by atomic mass is 35.5. The van der Waals surface area contributed by atoms with Crippen molar-refractivity contribution in [2.45, 2.75) is 25.9 Å². The van der Waals surface area contributed by atoms with Crippen molar-refractivity contribution >= 4 is 39.8 Å². The molecule has 1 aliphatic rings. The summed E-state index contributed by atoms with van der Waals surface area (Å²) < 4.78 is 0.545. The lowest BCUT2D eigenvalue weighted by Gasteiger charge is -2.39. The van der Waals surface area contributed by atoms with Gasteiger partial charge in [-0.3, -0.25) is 24.7 Å². The molecular formula is C25H27ClN4O2S. The van der Waals surface area contributed by atoms with Gasteiger partial charge in [-0.05, 0) is 11.1 Å². The van der Waals surface area contributed by atoms with Crippen LogP contribution < -0.4 is 5.32 Å². The van der Waals surface area contributed by atoms with Gasteiger partial charge >= 0.3 is 0 Å². The number of ketones is 1. The molecule has 0 unspecified atom stereocenters. The summed E-state index contributed by atoms with van der Waals surface area (Å²) in [6, 6.07) is 21.5. The predicted molar refractivity (Wildman–Crippen MR) is 133 cm³/mol. The number of hydrogen-bond acceptors (Lipinski definition) is 6. The normalized spacial score (nSPS) is 15.0. The number of carbonyl (C=O) groups excluding carboxylic acids is 2. The number of nitrogens with one attached hydrogen (secondary N) is 1. The summed E-state index contributed by atoms with van der Waals surface area (Å²) in [6.45, 7) is 5.89. The molecule has 33 heavy (non-hydrogen) atoms. The van der Waals surface area contributed by atoms with Gasteiger partial charge in [0.25, 0.3) is 5.91 Å². The van der Waals surface area contributed by atoms with Gasteiger partial charge in [-0.15, -0.1) is 0 Å². The van der Waals surface area contributed by atoms with Crippen molar-refractivity contribution in [2.75, 3.05) is 31.5 Å². The van der Waals surface area contributed by atoms with E-state index in [4.69, 9.17) is 11.6 Å². The first kappa shape index (κ1) is 23.6. The fourth-order valence-electron chi connectivity index (χ4n) is 4.09. The van der Waals surface area contributed by atoms with Crippen LogP contribution in [0.25, 0.3) is 0 Å². The highest BCUT2D eigenvalue weighted by Crippen LogP contribution is 2.31. The average molecular weight is 483 g/mol. The van der Waals surface area contributed by atoms with Crippen molar-refractivity contribution in [1.82, 2.24) is 14.8 Å². The first-order valence-electron chi connectivity index (χ1n) is 11.1. The van der Waals surface area contributed by atoms with E-state index in [9.17, 15) is 9.59 Å². The minimum Gasteiger partial charge on any atom is -0.295 e. The number of Topliss-reactive ketones (excluding diaryl/α,β-unsaturated/α-hetero) is 1. The molecule has 0 spiro atoms. The lowest BCUT2D eigenvalue weighted by molar-refractivity contribution is -0.134. The SMILES string of the molecule is CCC(=O)C(=O)Nc1nc(CN2CCN(C(c3ccccc3)c3ccccc3)CC2)c(Cl)s1. The van der Waals surface area contributed by atoms with Gasteiger partial charge in [0.2, 0.25) is 5.78 Å². The van der Waals surface area contributed by atoms with Gasteiger partial charge in [0, 0.05) is 39.1 Å². The molecule has 1 aromatic heterocycles. The largest absolute Gasteiger partial charge is 0.295 e. The molecule has 2 heterocycles.